The van der Waals surface area contributed by atoms with Crippen molar-refractivity contribution in [3.8, 4) is 0 Å². The molecule has 0 atom stereocenters. The summed E-state index contributed by atoms with van der Waals surface area (Å²) < 4.78 is 34.7. The largest absolute Gasteiger partial charge is 0.375 e. The summed E-state index contributed by atoms with van der Waals surface area (Å²) in [5.41, 5.74) is -0.928. The molecule has 0 spiro atoms. The Balaban J connectivity index is 2.95. The minimum Gasteiger partial charge on any atom is -0.300 e. The fraction of sp³-hybridized carbons (Fsp3) is 0.857. The first-order chi connectivity index (χ1) is 5.73. The maximum atomic E-state index is 12.7. The van der Waals surface area contributed by atoms with E-state index in [4.69, 9.17) is 0 Å². The van der Waals surface area contributed by atoms with E-state index < -0.39 is 15.9 Å². The molecule has 0 saturated carbocycles. The molecule has 76 valence electrons. The summed E-state index contributed by atoms with van der Waals surface area (Å²) in [7, 11) is -4.68. The summed E-state index contributed by atoms with van der Waals surface area (Å²) >= 11 is 0. The lowest BCUT2D eigenvalue weighted by atomic mass is 9.92. The highest BCUT2D eigenvalue weighted by atomic mass is 32.3. The fourth-order valence-corrected chi connectivity index (χ4v) is 2.56. The third-order valence-electron chi connectivity index (χ3n) is 2.16. The Bertz CT molecular complexity index is 323. The van der Waals surface area contributed by atoms with E-state index >= 15 is 0 Å². The topological polar surface area (TPSA) is 54.5 Å². The zero-order chi connectivity index (χ0) is 10.3. The molecule has 1 aliphatic rings. The number of halogens is 1. The Morgan fingerprint density at radius 3 is 2.38 bits per heavy atom. The average Bonchev–Trinajstić information content (AvgIpc) is 1.79. The SMILES string of the molecule is CC1(C)CC(=O)CCN1S(=O)(=O)F. The molecular weight excluding hydrogens is 197 g/mol. The number of Topliss-reactive ketones (excluding diaryl/α,β-unsaturated/α-hetero) is 1. The van der Waals surface area contributed by atoms with Crippen LogP contribution in [0.4, 0.5) is 3.89 Å². The maximum absolute atomic E-state index is 12.7. The highest BCUT2D eigenvalue weighted by Gasteiger charge is 2.41. The van der Waals surface area contributed by atoms with E-state index in [1.54, 1.807) is 13.8 Å². The molecule has 0 aromatic carbocycles. The molecule has 1 aliphatic heterocycles. The molecule has 6 heteroatoms. The lowest BCUT2D eigenvalue weighted by Gasteiger charge is -2.37. The average molecular weight is 209 g/mol. The van der Waals surface area contributed by atoms with Gasteiger partial charge in [0, 0.05) is 24.9 Å². The van der Waals surface area contributed by atoms with Crippen molar-refractivity contribution in [2.75, 3.05) is 6.54 Å². The molecular formula is C7H12FNO3S. The summed E-state index contributed by atoms with van der Waals surface area (Å²) in [6, 6.07) is 0. The van der Waals surface area contributed by atoms with Crippen LogP contribution in [0.2, 0.25) is 0 Å². The summed E-state index contributed by atoms with van der Waals surface area (Å²) in [6.07, 6.45) is 0.183. The van der Waals surface area contributed by atoms with E-state index in [1.807, 2.05) is 0 Å². The van der Waals surface area contributed by atoms with Gasteiger partial charge in [0.25, 0.3) is 0 Å². The van der Waals surface area contributed by atoms with Crippen LogP contribution >= 0.6 is 0 Å². The van der Waals surface area contributed by atoms with Crippen molar-refractivity contribution in [3.63, 3.8) is 0 Å². The van der Waals surface area contributed by atoms with Crippen molar-refractivity contribution in [3.05, 3.63) is 0 Å². The molecule has 0 radical (unpaired) electrons. The number of nitrogens with zero attached hydrogens (tertiary/aromatic N) is 1. The van der Waals surface area contributed by atoms with Crippen LogP contribution in [0.3, 0.4) is 0 Å². The minimum absolute atomic E-state index is 0.0232. The van der Waals surface area contributed by atoms with Gasteiger partial charge in [0.05, 0.1) is 0 Å². The van der Waals surface area contributed by atoms with Crippen LogP contribution < -0.4 is 0 Å². The Morgan fingerprint density at radius 2 is 2.00 bits per heavy atom. The normalized spacial score (nSPS) is 24.7. The molecule has 0 unspecified atom stereocenters. The van der Waals surface area contributed by atoms with Crippen LogP contribution in [-0.4, -0.2) is 30.6 Å². The van der Waals surface area contributed by atoms with Gasteiger partial charge in [-0.05, 0) is 13.8 Å². The third-order valence-corrected chi connectivity index (χ3v) is 3.37. The quantitative estimate of drug-likeness (QED) is 0.596. The standard InChI is InChI=1S/C7H12FNO3S/c1-7(2)5-6(10)3-4-9(7)13(8,11)12/h3-5H2,1-2H3. The lowest BCUT2D eigenvalue weighted by molar-refractivity contribution is -0.123. The van der Waals surface area contributed by atoms with Gasteiger partial charge in [0.2, 0.25) is 0 Å². The van der Waals surface area contributed by atoms with Gasteiger partial charge in [-0.3, -0.25) is 4.79 Å². The Kier molecular flexibility index (Phi) is 2.46. The van der Waals surface area contributed by atoms with Crippen LogP contribution in [0.5, 0.6) is 0 Å². The molecule has 1 saturated heterocycles. The number of piperidine rings is 1. The van der Waals surface area contributed by atoms with Crippen LogP contribution in [0.15, 0.2) is 0 Å². The first-order valence-electron chi connectivity index (χ1n) is 3.97. The van der Waals surface area contributed by atoms with Gasteiger partial charge in [-0.2, -0.15) is 12.7 Å². The highest BCUT2D eigenvalue weighted by molar-refractivity contribution is 7.84. The van der Waals surface area contributed by atoms with Crippen molar-refractivity contribution in [2.45, 2.75) is 32.2 Å². The second-order valence-corrected chi connectivity index (χ2v) is 5.06. The van der Waals surface area contributed by atoms with Crippen molar-refractivity contribution in [2.24, 2.45) is 0 Å². The molecule has 4 nitrogen and oxygen atoms in total. The van der Waals surface area contributed by atoms with E-state index in [0.29, 0.717) is 0 Å². The van der Waals surface area contributed by atoms with Crippen molar-refractivity contribution < 1.29 is 17.1 Å². The third kappa shape index (κ3) is 2.25. The van der Waals surface area contributed by atoms with Crippen LogP contribution in [0.25, 0.3) is 0 Å². The van der Waals surface area contributed by atoms with E-state index in [1.165, 1.54) is 0 Å². The van der Waals surface area contributed by atoms with Crippen LogP contribution in [0.1, 0.15) is 26.7 Å². The molecule has 1 heterocycles. The Labute approximate surface area is 77.1 Å². The van der Waals surface area contributed by atoms with Crippen LogP contribution in [-0.2, 0) is 15.2 Å². The first-order valence-corrected chi connectivity index (χ1v) is 5.32. The van der Waals surface area contributed by atoms with Gasteiger partial charge < -0.3 is 0 Å². The molecule has 0 aromatic heterocycles. The fourth-order valence-electron chi connectivity index (χ4n) is 1.59. The van der Waals surface area contributed by atoms with Gasteiger partial charge in [-0.15, -0.1) is 0 Å². The van der Waals surface area contributed by atoms with Gasteiger partial charge in [0.1, 0.15) is 5.78 Å². The smallest absolute Gasteiger partial charge is 0.300 e. The van der Waals surface area contributed by atoms with Crippen LogP contribution in [0, 0.1) is 0 Å². The summed E-state index contributed by atoms with van der Waals surface area (Å²) in [4.78, 5) is 11.0. The number of hydrogen-bond donors (Lipinski definition) is 0. The Morgan fingerprint density at radius 1 is 1.46 bits per heavy atom. The van der Waals surface area contributed by atoms with E-state index in [2.05, 4.69) is 0 Å². The van der Waals surface area contributed by atoms with E-state index in [-0.39, 0.29) is 25.2 Å². The number of carbonyl (C=O) groups excluding carboxylic acids is 1. The summed E-state index contributed by atoms with van der Waals surface area (Å²) in [6.45, 7) is 3.03. The van der Waals surface area contributed by atoms with Gasteiger partial charge in [-0.1, -0.05) is 3.89 Å². The number of ketones is 1. The van der Waals surface area contributed by atoms with Crippen molar-refractivity contribution in [1.29, 1.82) is 0 Å². The number of carbonyl (C=O) groups is 1. The lowest BCUT2D eigenvalue weighted by Crippen LogP contribution is -2.51. The monoisotopic (exact) mass is 209 g/mol. The summed E-state index contributed by atoms with van der Waals surface area (Å²) in [5.74, 6) is -0.0232. The summed E-state index contributed by atoms with van der Waals surface area (Å²) in [5, 5.41) is 0. The van der Waals surface area contributed by atoms with Gasteiger partial charge >= 0.3 is 10.4 Å². The molecule has 0 bridgehead atoms. The second-order valence-electron chi connectivity index (χ2n) is 3.79. The van der Waals surface area contributed by atoms with Gasteiger partial charge in [-0.25, -0.2) is 0 Å². The molecule has 0 aromatic rings. The zero-order valence-electron chi connectivity index (χ0n) is 7.58. The first kappa shape index (κ1) is 10.6. The molecule has 0 amide bonds. The highest BCUT2D eigenvalue weighted by Crippen LogP contribution is 2.28. The van der Waals surface area contributed by atoms with Gasteiger partial charge in [0.15, 0.2) is 0 Å². The molecule has 0 aliphatic carbocycles. The predicted molar refractivity (Wildman–Crippen MR) is 45.1 cm³/mol. The second kappa shape index (κ2) is 3.02. The predicted octanol–water partition coefficient (Wildman–Crippen LogP) is 0.644. The Hall–Kier alpha value is -0.490. The van der Waals surface area contributed by atoms with Crippen molar-refractivity contribution in [1.82, 2.24) is 4.31 Å². The van der Waals surface area contributed by atoms with E-state index in [9.17, 15) is 17.1 Å². The van der Waals surface area contributed by atoms with E-state index in [0.717, 1.165) is 4.31 Å². The number of hydrogen-bond acceptors (Lipinski definition) is 3. The van der Waals surface area contributed by atoms with Crippen molar-refractivity contribution >= 4 is 16.2 Å². The molecule has 0 N–H and O–H groups in total. The molecule has 13 heavy (non-hydrogen) atoms. The minimum atomic E-state index is -4.68. The molecule has 1 fully saturated rings. The zero-order valence-corrected chi connectivity index (χ0v) is 8.40. The maximum Gasteiger partial charge on any atom is 0.375 e. The number of rotatable bonds is 1. The molecule has 1 rings (SSSR count).